The number of halogens is 3. The standard InChI is InChI=1S/C16H16F3N3O2/c1-24-6-2-5-21-16(23)10-7-11(9-20-8-10)22-13-4-3-12(17)14(18)15(13)19/h3-4,7-9,22H,2,5-6H2,1H3,(H,21,23). The van der Waals surface area contributed by atoms with Crippen molar-refractivity contribution in [1.29, 1.82) is 0 Å². The third-order valence-electron chi connectivity index (χ3n) is 3.13. The van der Waals surface area contributed by atoms with Gasteiger partial charge in [-0.2, -0.15) is 0 Å². The van der Waals surface area contributed by atoms with Crippen LogP contribution in [0.4, 0.5) is 24.5 Å². The van der Waals surface area contributed by atoms with E-state index < -0.39 is 17.5 Å². The Labute approximate surface area is 136 Å². The van der Waals surface area contributed by atoms with Crippen molar-refractivity contribution in [2.24, 2.45) is 0 Å². The molecule has 2 rings (SSSR count). The fourth-order valence-electron chi connectivity index (χ4n) is 1.93. The number of amides is 1. The number of anilines is 2. The maximum atomic E-state index is 13.7. The number of carbonyl (C=O) groups excluding carboxylic acids is 1. The summed E-state index contributed by atoms with van der Waals surface area (Å²) in [6.45, 7) is 0.956. The van der Waals surface area contributed by atoms with Crippen molar-refractivity contribution in [1.82, 2.24) is 10.3 Å². The second-order valence-corrected chi connectivity index (χ2v) is 4.91. The molecule has 0 unspecified atom stereocenters. The van der Waals surface area contributed by atoms with E-state index in [2.05, 4.69) is 15.6 Å². The van der Waals surface area contributed by atoms with Gasteiger partial charge >= 0.3 is 0 Å². The molecule has 0 saturated carbocycles. The minimum absolute atomic E-state index is 0.250. The molecule has 1 amide bonds. The number of aromatic nitrogens is 1. The van der Waals surface area contributed by atoms with Gasteiger partial charge in [0.05, 0.1) is 23.1 Å². The number of benzene rings is 1. The number of hydrogen-bond acceptors (Lipinski definition) is 4. The van der Waals surface area contributed by atoms with Crippen LogP contribution >= 0.6 is 0 Å². The number of nitrogens with zero attached hydrogens (tertiary/aromatic N) is 1. The lowest BCUT2D eigenvalue weighted by atomic mass is 10.2. The summed E-state index contributed by atoms with van der Waals surface area (Å²) >= 11 is 0. The molecule has 0 aliphatic carbocycles. The highest BCUT2D eigenvalue weighted by molar-refractivity contribution is 5.94. The Morgan fingerprint density at radius 2 is 2.00 bits per heavy atom. The average Bonchev–Trinajstić information content (AvgIpc) is 2.59. The van der Waals surface area contributed by atoms with Crippen LogP contribution in [0.2, 0.25) is 0 Å². The van der Waals surface area contributed by atoms with Gasteiger partial charge in [0.2, 0.25) is 0 Å². The van der Waals surface area contributed by atoms with Gasteiger partial charge in [-0.1, -0.05) is 0 Å². The molecule has 5 nitrogen and oxygen atoms in total. The maximum absolute atomic E-state index is 13.7. The second-order valence-electron chi connectivity index (χ2n) is 4.91. The Hall–Kier alpha value is -2.61. The average molecular weight is 339 g/mol. The van der Waals surface area contributed by atoms with Crippen molar-refractivity contribution in [3.63, 3.8) is 0 Å². The van der Waals surface area contributed by atoms with E-state index in [1.165, 1.54) is 18.5 Å². The van der Waals surface area contributed by atoms with Crippen molar-refractivity contribution in [3.05, 3.63) is 53.6 Å². The minimum Gasteiger partial charge on any atom is -0.385 e. The van der Waals surface area contributed by atoms with E-state index >= 15 is 0 Å². The summed E-state index contributed by atoms with van der Waals surface area (Å²) in [5.74, 6) is -4.54. The zero-order valence-electron chi connectivity index (χ0n) is 12.9. The lowest BCUT2D eigenvalue weighted by Gasteiger charge is -2.10. The molecule has 8 heteroatoms. The molecule has 0 aliphatic rings. The third kappa shape index (κ3) is 4.45. The van der Waals surface area contributed by atoms with Crippen LogP contribution in [-0.4, -0.2) is 31.2 Å². The molecule has 2 N–H and O–H groups in total. The number of nitrogens with one attached hydrogen (secondary N) is 2. The van der Waals surface area contributed by atoms with Crippen molar-refractivity contribution in [3.8, 4) is 0 Å². The van der Waals surface area contributed by atoms with Crippen LogP contribution in [0.1, 0.15) is 16.8 Å². The number of carbonyl (C=O) groups is 1. The highest BCUT2D eigenvalue weighted by atomic mass is 19.2. The molecule has 0 aliphatic heterocycles. The zero-order valence-corrected chi connectivity index (χ0v) is 12.9. The molecule has 1 aromatic heterocycles. The third-order valence-corrected chi connectivity index (χ3v) is 3.13. The first kappa shape index (κ1) is 17.7. The molecule has 1 heterocycles. The number of rotatable bonds is 7. The monoisotopic (exact) mass is 339 g/mol. The Morgan fingerprint density at radius 1 is 1.21 bits per heavy atom. The normalized spacial score (nSPS) is 10.5. The highest BCUT2D eigenvalue weighted by Gasteiger charge is 2.14. The SMILES string of the molecule is COCCCNC(=O)c1cncc(Nc2ccc(F)c(F)c2F)c1. The van der Waals surface area contributed by atoms with E-state index in [1.807, 2.05) is 0 Å². The summed E-state index contributed by atoms with van der Waals surface area (Å²) in [5, 5.41) is 5.25. The Morgan fingerprint density at radius 3 is 2.75 bits per heavy atom. The maximum Gasteiger partial charge on any atom is 0.252 e. The van der Waals surface area contributed by atoms with Crippen LogP contribution < -0.4 is 10.6 Å². The predicted octanol–water partition coefficient (Wildman–Crippen LogP) is 3.01. The molecule has 0 bridgehead atoms. The Balaban J connectivity index is 2.08. The molecule has 128 valence electrons. The minimum atomic E-state index is -1.57. The first-order chi connectivity index (χ1) is 11.5. The van der Waals surface area contributed by atoms with Gasteiger partial charge in [0, 0.05) is 26.5 Å². The molecule has 1 aromatic carbocycles. The van der Waals surface area contributed by atoms with Crippen LogP contribution in [-0.2, 0) is 4.74 Å². The summed E-state index contributed by atoms with van der Waals surface area (Å²) in [5.41, 5.74) is 0.262. The van der Waals surface area contributed by atoms with E-state index in [4.69, 9.17) is 4.74 Å². The quantitative estimate of drug-likeness (QED) is 0.601. The molecular formula is C16H16F3N3O2. The van der Waals surface area contributed by atoms with Gasteiger partial charge in [-0.25, -0.2) is 13.2 Å². The molecule has 2 aromatic rings. The van der Waals surface area contributed by atoms with Gasteiger partial charge in [-0.3, -0.25) is 9.78 Å². The summed E-state index contributed by atoms with van der Waals surface area (Å²) in [6.07, 6.45) is 3.34. The van der Waals surface area contributed by atoms with Crippen LogP contribution in [0.15, 0.2) is 30.6 Å². The van der Waals surface area contributed by atoms with E-state index in [-0.39, 0.29) is 22.8 Å². The highest BCUT2D eigenvalue weighted by Crippen LogP contribution is 2.23. The second kappa shape index (κ2) is 8.30. The molecule has 24 heavy (non-hydrogen) atoms. The largest absolute Gasteiger partial charge is 0.385 e. The number of pyridine rings is 1. The van der Waals surface area contributed by atoms with Crippen molar-refractivity contribution < 1.29 is 22.7 Å². The molecular weight excluding hydrogens is 323 g/mol. The van der Waals surface area contributed by atoms with Crippen LogP contribution in [0, 0.1) is 17.5 Å². The number of ether oxygens (including phenoxy) is 1. The summed E-state index contributed by atoms with van der Waals surface area (Å²) < 4.78 is 44.7. The molecule has 0 fully saturated rings. The van der Waals surface area contributed by atoms with Gasteiger partial charge in [0.1, 0.15) is 0 Å². The van der Waals surface area contributed by atoms with Gasteiger partial charge in [0.25, 0.3) is 5.91 Å². The topological polar surface area (TPSA) is 63.2 Å². The van der Waals surface area contributed by atoms with Crippen LogP contribution in [0.25, 0.3) is 0 Å². The van der Waals surface area contributed by atoms with E-state index in [9.17, 15) is 18.0 Å². The van der Waals surface area contributed by atoms with E-state index in [0.29, 0.717) is 19.6 Å². The Kier molecular flexibility index (Phi) is 6.14. The fourth-order valence-corrected chi connectivity index (χ4v) is 1.93. The fraction of sp³-hybridized carbons (Fsp3) is 0.250. The van der Waals surface area contributed by atoms with Crippen molar-refractivity contribution in [2.45, 2.75) is 6.42 Å². The van der Waals surface area contributed by atoms with E-state index in [1.54, 1.807) is 7.11 Å². The van der Waals surface area contributed by atoms with E-state index in [0.717, 1.165) is 12.1 Å². The molecule has 0 spiro atoms. The van der Waals surface area contributed by atoms with Crippen LogP contribution in [0.5, 0.6) is 0 Å². The first-order valence-electron chi connectivity index (χ1n) is 7.15. The number of hydrogen-bond donors (Lipinski definition) is 2. The van der Waals surface area contributed by atoms with Crippen molar-refractivity contribution >= 4 is 17.3 Å². The Bertz CT molecular complexity index is 726. The van der Waals surface area contributed by atoms with Crippen molar-refractivity contribution in [2.75, 3.05) is 25.6 Å². The lowest BCUT2D eigenvalue weighted by molar-refractivity contribution is 0.0948. The van der Waals surface area contributed by atoms with Gasteiger partial charge in [-0.05, 0) is 24.6 Å². The van der Waals surface area contributed by atoms with Gasteiger partial charge < -0.3 is 15.4 Å². The van der Waals surface area contributed by atoms with Gasteiger partial charge in [0.15, 0.2) is 17.5 Å². The summed E-state index contributed by atoms with van der Waals surface area (Å²) in [4.78, 5) is 15.9. The van der Waals surface area contributed by atoms with Crippen LogP contribution in [0.3, 0.4) is 0 Å². The predicted molar refractivity (Wildman–Crippen MR) is 82.7 cm³/mol. The first-order valence-corrected chi connectivity index (χ1v) is 7.15. The molecule has 0 radical (unpaired) electrons. The smallest absolute Gasteiger partial charge is 0.252 e. The zero-order chi connectivity index (χ0) is 17.5. The summed E-state index contributed by atoms with van der Waals surface area (Å²) in [6, 6.07) is 3.30. The molecule has 0 saturated heterocycles. The number of methoxy groups -OCH3 is 1. The van der Waals surface area contributed by atoms with Gasteiger partial charge in [-0.15, -0.1) is 0 Å². The summed E-state index contributed by atoms with van der Waals surface area (Å²) in [7, 11) is 1.57. The lowest BCUT2D eigenvalue weighted by Crippen LogP contribution is -2.25. The molecule has 0 atom stereocenters.